The van der Waals surface area contributed by atoms with E-state index >= 15 is 0 Å². The monoisotopic (exact) mass is 739 g/mol. The zero-order valence-corrected chi connectivity index (χ0v) is 34.4. The smallest absolute Gasteiger partial charge is 0.340 e. The van der Waals surface area contributed by atoms with Crippen LogP contribution in [0.15, 0.2) is 0 Å². The summed E-state index contributed by atoms with van der Waals surface area (Å²) < 4.78 is 16.2. The van der Waals surface area contributed by atoms with Crippen LogP contribution in [0.1, 0.15) is 227 Å². The van der Waals surface area contributed by atoms with E-state index in [4.69, 9.17) is 14.2 Å². The highest BCUT2D eigenvalue weighted by atomic mass is 16.6. The predicted octanol–water partition coefficient (Wildman–Crippen LogP) is 11.7. The molecule has 0 aliphatic rings. The summed E-state index contributed by atoms with van der Waals surface area (Å²) in [6.45, 7) is 8.02. The first-order valence-electron chi connectivity index (χ1n) is 22.0. The number of aliphatic hydroxyl groups is 1. The van der Waals surface area contributed by atoms with Crippen molar-refractivity contribution < 1.29 is 38.5 Å². The lowest BCUT2D eigenvalue weighted by Crippen LogP contribution is -2.55. The average Bonchev–Trinajstić information content (AvgIpc) is 3.11. The molecule has 0 radical (unpaired) electrons. The maximum absolute atomic E-state index is 13.4. The summed E-state index contributed by atoms with van der Waals surface area (Å²) in [5.41, 5.74) is -2.70. The molecule has 0 aromatic carbocycles. The Morgan fingerprint density at radius 2 is 0.731 bits per heavy atom. The van der Waals surface area contributed by atoms with Gasteiger partial charge in [0.15, 0.2) is 11.5 Å². The Kier molecular flexibility index (Phi) is 34.7. The highest BCUT2D eigenvalue weighted by Gasteiger charge is 2.54. The normalized spacial score (nSPS) is 13.0. The van der Waals surface area contributed by atoms with Crippen LogP contribution in [0.25, 0.3) is 0 Å². The minimum absolute atomic E-state index is 0.0313. The molecule has 2 atom stereocenters. The van der Waals surface area contributed by atoms with Crippen molar-refractivity contribution in [1.29, 1.82) is 0 Å². The lowest BCUT2D eigenvalue weighted by Gasteiger charge is -2.30. The van der Waals surface area contributed by atoms with Gasteiger partial charge in [-0.25, -0.2) is 4.79 Å². The second-order valence-electron chi connectivity index (χ2n) is 15.2. The zero-order chi connectivity index (χ0) is 38.5. The first-order valence-corrected chi connectivity index (χ1v) is 22.0. The van der Waals surface area contributed by atoms with E-state index in [2.05, 4.69) is 20.8 Å². The quantitative estimate of drug-likeness (QED) is 0.0287. The van der Waals surface area contributed by atoms with E-state index in [1.54, 1.807) is 0 Å². The predicted molar refractivity (Wildman–Crippen MR) is 212 cm³/mol. The van der Waals surface area contributed by atoms with Crippen molar-refractivity contribution in [3.8, 4) is 0 Å². The second kappa shape index (κ2) is 36.0. The van der Waals surface area contributed by atoms with Gasteiger partial charge in [-0.05, 0) is 26.2 Å². The molecule has 2 unspecified atom stereocenters. The molecular weight excluding hydrogens is 656 g/mol. The molecule has 0 saturated carbocycles. The molecule has 52 heavy (non-hydrogen) atoms. The summed E-state index contributed by atoms with van der Waals surface area (Å²) in [5.74, 6) is -5.64. The summed E-state index contributed by atoms with van der Waals surface area (Å²) in [6, 6.07) is 0. The van der Waals surface area contributed by atoms with Gasteiger partial charge in [-0.1, -0.05) is 194 Å². The lowest BCUT2D eigenvalue weighted by atomic mass is 9.81. The van der Waals surface area contributed by atoms with Crippen molar-refractivity contribution in [3.63, 3.8) is 0 Å². The maximum atomic E-state index is 13.4. The van der Waals surface area contributed by atoms with Gasteiger partial charge in [0.05, 0.1) is 26.2 Å². The number of carbonyl (C=O) groups is 4. The molecule has 1 N–H and O–H groups in total. The van der Waals surface area contributed by atoms with Crippen molar-refractivity contribution in [2.45, 2.75) is 232 Å². The largest absolute Gasteiger partial charge is 0.466 e. The minimum Gasteiger partial charge on any atom is -0.466 e. The van der Waals surface area contributed by atoms with Crippen LogP contribution in [-0.2, 0) is 33.4 Å². The Bertz CT molecular complexity index is 874. The summed E-state index contributed by atoms with van der Waals surface area (Å²) in [6.07, 6.45) is 32.8. The Morgan fingerprint density at radius 3 is 1.06 bits per heavy atom. The van der Waals surface area contributed by atoms with E-state index in [1.165, 1.54) is 116 Å². The molecule has 0 aromatic heterocycles. The number of unbranched alkanes of at least 4 members (excludes halogenated alkanes) is 27. The third-order valence-electron chi connectivity index (χ3n) is 10.1. The number of Topliss-reactive ketones (excluding diaryl/α,β-unsaturated/α-hetero) is 1. The first kappa shape index (κ1) is 50.0. The molecule has 0 rings (SSSR count). The molecule has 0 aromatic rings. The highest BCUT2D eigenvalue weighted by Crippen LogP contribution is 2.28. The van der Waals surface area contributed by atoms with Crippen molar-refractivity contribution in [2.75, 3.05) is 19.8 Å². The number of carbonyl (C=O) groups excluding carboxylic acids is 4. The molecule has 0 spiro atoms. The van der Waals surface area contributed by atoms with Crippen LogP contribution < -0.4 is 0 Å². The SMILES string of the molecule is CCCCCCCCCCCCOC(=O)CC(O)(C(=O)OCCCCCCCCCCCC)C(C(C)=O)C(=O)OCCCCCCCCCCCC. The molecular formula is C44H82O8. The van der Waals surface area contributed by atoms with Crippen LogP contribution in [0.4, 0.5) is 0 Å². The number of rotatable bonds is 39. The number of hydrogen-bond acceptors (Lipinski definition) is 8. The van der Waals surface area contributed by atoms with Crippen molar-refractivity contribution >= 4 is 23.7 Å². The number of ether oxygens (including phenoxy) is 3. The van der Waals surface area contributed by atoms with Crippen LogP contribution in [-0.4, -0.2) is 54.2 Å². The van der Waals surface area contributed by atoms with Crippen molar-refractivity contribution in [3.05, 3.63) is 0 Å². The summed E-state index contributed by atoms with van der Waals surface area (Å²) in [5, 5.41) is 11.7. The van der Waals surface area contributed by atoms with E-state index < -0.39 is 41.6 Å². The highest BCUT2D eigenvalue weighted by molar-refractivity contribution is 6.05. The van der Waals surface area contributed by atoms with E-state index in [0.717, 1.165) is 64.7 Å². The molecule has 0 aliphatic carbocycles. The summed E-state index contributed by atoms with van der Waals surface area (Å²) in [7, 11) is 0. The van der Waals surface area contributed by atoms with Crippen LogP contribution in [0.5, 0.6) is 0 Å². The lowest BCUT2D eigenvalue weighted by molar-refractivity contribution is -0.187. The molecule has 0 amide bonds. The number of ketones is 1. The Balaban J connectivity index is 4.98. The van der Waals surface area contributed by atoms with E-state index in [1.807, 2.05) is 0 Å². The Morgan fingerprint density at radius 1 is 0.442 bits per heavy atom. The standard InChI is InChI=1S/C44H82O8/c1-5-8-11-14-17-20-23-26-29-32-35-50-40(46)38-44(49,43(48)52-37-34-31-28-25-22-19-16-13-10-7-3)41(39(4)45)42(47)51-36-33-30-27-24-21-18-15-12-9-6-2/h41,49H,5-38H2,1-4H3. The fourth-order valence-electron chi connectivity index (χ4n) is 6.76. The van der Waals surface area contributed by atoms with Crippen molar-refractivity contribution in [1.82, 2.24) is 0 Å². The molecule has 0 fully saturated rings. The van der Waals surface area contributed by atoms with Gasteiger partial charge in [-0.15, -0.1) is 0 Å². The fraction of sp³-hybridized carbons (Fsp3) is 0.909. The first-order chi connectivity index (χ1) is 25.2. The van der Waals surface area contributed by atoms with Gasteiger partial charge in [-0.3, -0.25) is 14.4 Å². The Labute approximate surface area is 319 Å². The third kappa shape index (κ3) is 27.6. The molecule has 0 heterocycles. The maximum Gasteiger partial charge on any atom is 0.340 e. The topological polar surface area (TPSA) is 116 Å². The van der Waals surface area contributed by atoms with Gasteiger partial charge < -0.3 is 19.3 Å². The van der Waals surface area contributed by atoms with Gasteiger partial charge in [0.1, 0.15) is 5.78 Å². The molecule has 0 bridgehead atoms. The van der Waals surface area contributed by atoms with Gasteiger partial charge >= 0.3 is 17.9 Å². The van der Waals surface area contributed by atoms with Gasteiger partial charge in [0, 0.05) is 0 Å². The van der Waals surface area contributed by atoms with Gasteiger partial charge in [0.25, 0.3) is 0 Å². The molecule has 0 aliphatic heterocycles. The summed E-state index contributed by atoms with van der Waals surface area (Å²) in [4.78, 5) is 52.4. The van der Waals surface area contributed by atoms with Crippen LogP contribution in [0.2, 0.25) is 0 Å². The van der Waals surface area contributed by atoms with Crippen LogP contribution in [0.3, 0.4) is 0 Å². The van der Waals surface area contributed by atoms with E-state index in [0.29, 0.717) is 19.3 Å². The van der Waals surface area contributed by atoms with Crippen LogP contribution in [0, 0.1) is 5.92 Å². The van der Waals surface area contributed by atoms with Gasteiger partial charge in [0.2, 0.25) is 0 Å². The molecule has 306 valence electrons. The second-order valence-corrected chi connectivity index (χ2v) is 15.2. The van der Waals surface area contributed by atoms with Gasteiger partial charge in [-0.2, -0.15) is 0 Å². The third-order valence-corrected chi connectivity index (χ3v) is 10.1. The number of esters is 3. The Hall–Kier alpha value is -1.96. The van der Waals surface area contributed by atoms with Crippen molar-refractivity contribution in [2.24, 2.45) is 5.92 Å². The molecule has 0 saturated heterocycles. The summed E-state index contributed by atoms with van der Waals surface area (Å²) >= 11 is 0. The van der Waals surface area contributed by atoms with Crippen LogP contribution >= 0.6 is 0 Å². The fourth-order valence-corrected chi connectivity index (χ4v) is 6.76. The zero-order valence-electron chi connectivity index (χ0n) is 34.4. The molecule has 8 nitrogen and oxygen atoms in total. The average molecular weight is 739 g/mol. The van der Waals surface area contributed by atoms with E-state index in [-0.39, 0.29) is 19.8 Å². The van der Waals surface area contributed by atoms with E-state index in [9.17, 15) is 24.3 Å². The minimum atomic E-state index is -2.70. The molecule has 8 heteroatoms. The number of hydrogen-bond donors (Lipinski definition) is 1.